The lowest BCUT2D eigenvalue weighted by atomic mass is 9.88. The third-order valence-corrected chi connectivity index (χ3v) is 7.60. The third kappa shape index (κ3) is 3.83. The van der Waals surface area contributed by atoms with Crippen molar-refractivity contribution in [1.82, 2.24) is 14.6 Å². The minimum absolute atomic E-state index is 0.0194. The van der Waals surface area contributed by atoms with Gasteiger partial charge in [0.1, 0.15) is 11.5 Å². The SMILES string of the molecule is O=C1c2cccnc2C(=O)N1Cc1ccc(F)cc1S(=O)(=O)N[C@H]1CCCc2ccccc21. The molecule has 33 heavy (non-hydrogen) atoms. The molecule has 2 heterocycles. The van der Waals surface area contributed by atoms with E-state index in [0.717, 1.165) is 41.0 Å². The summed E-state index contributed by atoms with van der Waals surface area (Å²) in [5, 5.41) is 0. The van der Waals surface area contributed by atoms with E-state index < -0.39 is 33.7 Å². The fraction of sp³-hybridized carbons (Fsp3) is 0.208. The molecule has 1 aliphatic heterocycles. The van der Waals surface area contributed by atoms with Gasteiger partial charge in [0.05, 0.1) is 17.0 Å². The molecule has 168 valence electrons. The normalized spacial score (nSPS) is 17.7. The summed E-state index contributed by atoms with van der Waals surface area (Å²) >= 11 is 0. The van der Waals surface area contributed by atoms with Crippen molar-refractivity contribution >= 4 is 21.8 Å². The number of carbonyl (C=O) groups excluding carboxylic acids is 2. The van der Waals surface area contributed by atoms with Crippen molar-refractivity contribution in [2.45, 2.75) is 36.7 Å². The molecular weight excluding hydrogens is 445 g/mol. The molecule has 2 aromatic carbocycles. The van der Waals surface area contributed by atoms with E-state index >= 15 is 0 Å². The third-order valence-electron chi connectivity index (χ3n) is 6.05. The van der Waals surface area contributed by atoms with Gasteiger partial charge in [-0.25, -0.2) is 17.5 Å². The van der Waals surface area contributed by atoms with E-state index in [1.165, 1.54) is 18.3 Å². The number of benzene rings is 2. The van der Waals surface area contributed by atoms with Crippen LogP contribution in [0.3, 0.4) is 0 Å². The first kappa shape index (κ1) is 21.4. The van der Waals surface area contributed by atoms with Crippen LogP contribution in [0.5, 0.6) is 0 Å². The number of hydrogen-bond donors (Lipinski definition) is 1. The summed E-state index contributed by atoms with van der Waals surface area (Å²) in [7, 11) is -4.15. The molecule has 9 heteroatoms. The zero-order chi connectivity index (χ0) is 23.2. The number of sulfonamides is 1. The standard InChI is InChI=1S/C24H20FN3O4S/c25-17-11-10-16(14-28-23(29)19-8-4-12-26-22(19)24(28)30)21(13-17)33(31,32)27-20-9-3-6-15-5-1-2-7-18(15)20/h1-2,4-5,7-8,10-13,20,27H,3,6,9,14H2/t20-/m0/s1. The van der Waals surface area contributed by atoms with Crippen molar-refractivity contribution in [3.63, 3.8) is 0 Å². The minimum atomic E-state index is -4.15. The largest absolute Gasteiger partial charge is 0.280 e. The van der Waals surface area contributed by atoms with E-state index in [0.29, 0.717) is 6.42 Å². The molecule has 0 fully saturated rings. The van der Waals surface area contributed by atoms with Gasteiger partial charge in [-0.15, -0.1) is 0 Å². The highest BCUT2D eigenvalue weighted by Crippen LogP contribution is 2.32. The van der Waals surface area contributed by atoms with Gasteiger partial charge in [0.25, 0.3) is 11.8 Å². The van der Waals surface area contributed by atoms with E-state index in [9.17, 15) is 22.4 Å². The second kappa shape index (κ2) is 8.17. The van der Waals surface area contributed by atoms with Crippen LogP contribution in [0.25, 0.3) is 0 Å². The molecule has 7 nitrogen and oxygen atoms in total. The van der Waals surface area contributed by atoms with Gasteiger partial charge in [-0.05, 0) is 60.2 Å². The lowest BCUT2D eigenvalue weighted by molar-refractivity contribution is 0.0639. The maximum absolute atomic E-state index is 14.1. The zero-order valence-corrected chi connectivity index (χ0v) is 18.3. The van der Waals surface area contributed by atoms with Crippen molar-refractivity contribution in [1.29, 1.82) is 0 Å². The Morgan fingerprint density at radius 2 is 1.88 bits per heavy atom. The molecule has 5 rings (SSSR count). The number of pyridine rings is 1. The van der Waals surface area contributed by atoms with Crippen molar-refractivity contribution < 1.29 is 22.4 Å². The number of nitrogens with one attached hydrogen (secondary N) is 1. The fourth-order valence-corrected chi connectivity index (χ4v) is 5.96. The van der Waals surface area contributed by atoms with Crippen molar-refractivity contribution in [3.05, 3.63) is 94.6 Å². The molecule has 0 saturated carbocycles. The number of aryl methyl sites for hydroxylation is 1. The topological polar surface area (TPSA) is 96.4 Å². The van der Waals surface area contributed by atoms with Crippen LogP contribution in [-0.2, 0) is 23.0 Å². The van der Waals surface area contributed by atoms with Crippen LogP contribution in [0.2, 0.25) is 0 Å². The maximum atomic E-state index is 14.1. The molecule has 1 atom stereocenters. The summed E-state index contributed by atoms with van der Waals surface area (Å²) in [6.07, 6.45) is 3.72. The predicted octanol–water partition coefficient (Wildman–Crippen LogP) is 3.37. The van der Waals surface area contributed by atoms with Gasteiger partial charge in [-0.2, -0.15) is 0 Å². The van der Waals surface area contributed by atoms with Crippen LogP contribution in [-0.4, -0.2) is 30.1 Å². The van der Waals surface area contributed by atoms with Gasteiger partial charge in [0, 0.05) is 12.2 Å². The number of rotatable bonds is 5. The monoisotopic (exact) mass is 465 g/mol. The molecule has 1 aliphatic carbocycles. The van der Waals surface area contributed by atoms with Crippen molar-refractivity contribution in [2.24, 2.45) is 0 Å². The summed E-state index contributed by atoms with van der Waals surface area (Å²) in [6.45, 7) is -0.314. The molecular formula is C24H20FN3O4S. The molecule has 3 aromatic rings. The van der Waals surface area contributed by atoms with Crippen LogP contribution >= 0.6 is 0 Å². The number of aromatic nitrogens is 1. The first-order valence-electron chi connectivity index (χ1n) is 10.5. The van der Waals surface area contributed by atoms with Crippen LogP contribution in [0, 0.1) is 5.82 Å². The second-order valence-corrected chi connectivity index (χ2v) is 9.80. The quantitative estimate of drug-likeness (QED) is 0.583. The number of fused-ring (bicyclic) bond motifs is 2. The molecule has 2 amide bonds. The lowest BCUT2D eigenvalue weighted by Crippen LogP contribution is -2.33. The Morgan fingerprint density at radius 1 is 1.06 bits per heavy atom. The lowest BCUT2D eigenvalue weighted by Gasteiger charge is -2.26. The highest BCUT2D eigenvalue weighted by Gasteiger charge is 2.37. The van der Waals surface area contributed by atoms with E-state index in [1.54, 1.807) is 6.07 Å². The molecule has 1 aromatic heterocycles. The number of carbonyl (C=O) groups is 2. The fourth-order valence-electron chi connectivity index (χ4n) is 4.46. The van der Waals surface area contributed by atoms with Gasteiger partial charge in [-0.3, -0.25) is 19.5 Å². The Morgan fingerprint density at radius 3 is 2.70 bits per heavy atom. The minimum Gasteiger partial charge on any atom is -0.268 e. The van der Waals surface area contributed by atoms with E-state index in [4.69, 9.17) is 0 Å². The summed E-state index contributed by atoms with van der Waals surface area (Å²) in [4.78, 5) is 30.0. The van der Waals surface area contributed by atoms with Crippen LogP contribution in [0.4, 0.5) is 4.39 Å². The van der Waals surface area contributed by atoms with Gasteiger partial charge < -0.3 is 0 Å². The highest BCUT2D eigenvalue weighted by molar-refractivity contribution is 7.89. The Kier molecular flexibility index (Phi) is 5.30. The summed E-state index contributed by atoms with van der Waals surface area (Å²) < 4.78 is 43.6. The number of imide groups is 1. The Balaban J connectivity index is 1.47. The van der Waals surface area contributed by atoms with Gasteiger partial charge in [0.2, 0.25) is 10.0 Å². The average Bonchev–Trinajstić information content (AvgIpc) is 3.05. The van der Waals surface area contributed by atoms with Crippen LogP contribution in [0.1, 0.15) is 56.4 Å². The van der Waals surface area contributed by atoms with Gasteiger partial charge >= 0.3 is 0 Å². The second-order valence-electron chi connectivity index (χ2n) is 8.11. The first-order valence-corrected chi connectivity index (χ1v) is 12.0. The Hall–Kier alpha value is -3.43. The molecule has 0 unspecified atom stereocenters. The van der Waals surface area contributed by atoms with Crippen molar-refractivity contribution in [3.8, 4) is 0 Å². The summed E-state index contributed by atoms with van der Waals surface area (Å²) in [5.74, 6) is -1.91. The molecule has 0 spiro atoms. The maximum Gasteiger partial charge on any atom is 0.280 e. The predicted molar refractivity (Wildman–Crippen MR) is 117 cm³/mol. The highest BCUT2D eigenvalue weighted by atomic mass is 32.2. The molecule has 2 aliphatic rings. The van der Waals surface area contributed by atoms with E-state index in [-0.39, 0.29) is 28.3 Å². The smallest absolute Gasteiger partial charge is 0.268 e. The molecule has 1 N–H and O–H groups in total. The van der Waals surface area contributed by atoms with Crippen molar-refractivity contribution in [2.75, 3.05) is 0 Å². The van der Waals surface area contributed by atoms with Crippen LogP contribution in [0.15, 0.2) is 65.7 Å². The molecule has 0 saturated heterocycles. The molecule has 0 bridgehead atoms. The van der Waals surface area contributed by atoms with Gasteiger partial charge in [-0.1, -0.05) is 30.3 Å². The average molecular weight is 466 g/mol. The van der Waals surface area contributed by atoms with E-state index in [2.05, 4.69) is 9.71 Å². The number of hydrogen-bond acceptors (Lipinski definition) is 5. The van der Waals surface area contributed by atoms with Gasteiger partial charge in [0.15, 0.2) is 0 Å². The number of nitrogens with zero attached hydrogens (tertiary/aromatic N) is 2. The van der Waals surface area contributed by atoms with E-state index in [1.807, 2.05) is 24.3 Å². The number of halogens is 1. The summed E-state index contributed by atoms with van der Waals surface area (Å²) in [6, 6.07) is 13.5. The summed E-state index contributed by atoms with van der Waals surface area (Å²) in [5.41, 5.74) is 2.30. The Labute approximate surface area is 190 Å². The molecule has 0 radical (unpaired) electrons. The number of amides is 2. The van der Waals surface area contributed by atoms with Crippen LogP contribution < -0.4 is 4.72 Å². The Bertz CT molecular complexity index is 1350. The zero-order valence-electron chi connectivity index (χ0n) is 17.5. The first-order chi connectivity index (χ1) is 15.8.